The second-order valence-corrected chi connectivity index (χ2v) is 2.40. The highest BCUT2D eigenvalue weighted by Gasteiger charge is 1.98. The van der Waals surface area contributed by atoms with E-state index in [-0.39, 0.29) is 18.2 Å². The Hall–Kier alpha value is -1.13. The number of pyridine rings is 1. The fraction of sp³-hybridized carbons (Fsp3) is 0.250. The summed E-state index contributed by atoms with van der Waals surface area (Å²) in [7, 11) is 1.62. The van der Waals surface area contributed by atoms with E-state index in [2.05, 4.69) is 4.98 Å². The summed E-state index contributed by atoms with van der Waals surface area (Å²) in [5, 5.41) is 7.14. The van der Waals surface area contributed by atoms with E-state index in [0.29, 0.717) is 12.3 Å². The lowest BCUT2D eigenvalue weighted by molar-refractivity contribution is 0.185. The molecule has 1 aromatic heterocycles. The zero-order chi connectivity index (χ0) is 8.97. The topological polar surface area (TPSA) is 72.0 Å². The quantitative estimate of drug-likeness (QED) is 0.565. The Morgan fingerprint density at radius 2 is 2.38 bits per heavy atom. The number of rotatable bonds is 3. The summed E-state index contributed by atoms with van der Waals surface area (Å²) in [6.07, 6.45) is 1.62. The number of nitrogens with zero attached hydrogens (tertiary/aromatic N) is 1. The molecule has 0 aliphatic rings. The van der Waals surface area contributed by atoms with Crippen LogP contribution in [-0.2, 0) is 11.3 Å². The van der Waals surface area contributed by atoms with Gasteiger partial charge < -0.3 is 10.5 Å². The van der Waals surface area contributed by atoms with E-state index in [0.717, 1.165) is 5.56 Å². The summed E-state index contributed by atoms with van der Waals surface area (Å²) in [6.45, 7) is 0.517. The van der Waals surface area contributed by atoms with Crippen LogP contribution in [0.5, 0.6) is 0 Å². The monoisotopic (exact) mass is 201 g/mol. The number of amidine groups is 1. The van der Waals surface area contributed by atoms with Crippen molar-refractivity contribution < 1.29 is 4.74 Å². The summed E-state index contributed by atoms with van der Waals surface area (Å²) in [6, 6.07) is 3.57. The molecule has 5 heteroatoms. The van der Waals surface area contributed by atoms with Gasteiger partial charge in [0.1, 0.15) is 11.5 Å². The second-order valence-electron chi connectivity index (χ2n) is 2.40. The van der Waals surface area contributed by atoms with Crippen molar-refractivity contribution in [2.24, 2.45) is 5.73 Å². The molecule has 0 saturated carbocycles. The molecule has 0 amide bonds. The van der Waals surface area contributed by atoms with Gasteiger partial charge in [0, 0.05) is 13.3 Å². The van der Waals surface area contributed by atoms with Crippen molar-refractivity contribution in [2.45, 2.75) is 6.61 Å². The summed E-state index contributed by atoms with van der Waals surface area (Å²) >= 11 is 0. The zero-order valence-corrected chi connectivity index (χ0v) is 8.10. The molecule has 0 saturated heterocycles. The molecular weight excluding hydrogens is 190 g/mol. The fourth-order valence-corrected chi connectivity index (χ4v) is 0.878. The number of nitrogens with two attached hydrogens (primary N) is 1. The second kappa shape index (κ2) is 5.50. The zero-order valence-electron chi connectivity index (χ0n) is 7.28. The lowest BCUT2D eigenvalue weighted by atomic mass is 10.2. The van der Waals surface area contributed by atoms with Crippen molar-refractivity contribution in [2.75, 3.05) is 7.11 Å². The van der Waals surface area contributed by atoms with Gasteiger partial charge in [0.05, 0.1) is 6.61 Å². The average Bonchev–Trinajstić information content (AvgIpc) is 2.05. The van der Waals surface area contributed by atoms with Crippen molar-refractivity contribution in [3.63, 3.8) is 0 Å². The van der Waals surface area contributed by atoms with Gasteiger partial charge in [0.2, 0.25) is 0 Å². The van der Waals surface area contributed by atoms with E-state index in [9.17, 15) is 0 Å². The number of hydrogen-bond acceptors (Lipinski definition) is 3. The molecule has 0 radical (unpaired) electrons. The Bertz CT molecular complexity index is 290. The number of hydrogen-bond donors (Lipinski definition) is 2. The van der Waals surface area contributed by atoms with E-state index in [1.54, 1.807) is 19.4 Å². The van der Waals surface area contributed by atoms with Crippen LogP contribution < -0.4 is 5.73 Å². The average molecular weight is 202 g/mol. The van der Waals surface area contributed by atoms with Gasteiger partial charge in [-0.2, -0.15) is 0 Å². The molecule has 1 aromatic rings. The molecule has 0 spiro atoms. The van der Waals surface area contributed by atoms with E-state index < -0.39 is 0 Å². The molecule has 0 aliphatic heterocycles. The molecule has 13 heavy (non-hydrogen) atoms. The van der Waals surface area contributed by atoms with Crippen molar-refractivity contribution in [3.8, 4) is 0 Å². The lowest BCUT2D eigenvalue weighted by Crippen LogP contribution is -2.13. The third-order valence-electron chi connectivity index (χ3n) is 1.41. The SMILES string of the molecule is COCc1ccnc(C(=N)N)c1.Cl. The maximum atomic E-state index is 7.14. The molecular formula is C8H12ClN3O. The normalized spacial score (nSPS) is 9.00. The minimum absolute atomic E-state index is 0. The Balaban J connectivity index is 0.00000144. The van der Waals surface area contributed by atoms with Gasteiger partial charge in [-0.3, -0.25) is 10.4 Å². The molecule has 0 bridgehead atoms. The van der Waals surface area contributed by atoms with Gasteiger partial charge in [0.25, 0.3) is 0 Å². The van der Waals surface area contributed by atoms with E-state index >= 15 is 0 Å². The van der Waals surface area contributed by atoms with Crippen molar-refractivity contribution in [1.29, 1.82) is 5.41 Å². The number of nitrogen functional groups attached to an aromatic ring is 1. The van der Waals surface area contributed by atoms with Gasteiger partial charge in [-0.25, -0.2) is 0 Å². The van der Waals surface area contributed by atoms with Crippen LogP contribution in [0.15, 0.2) is 18.3 Å². The number of nitrogens with one attached hydrogen (secondary N) is 1. The van der Waals surface area contributed by atoms with Crippen molar-refractivity contribution >= 4 is 18.2 Å². The first-order valence-electron chi connectivity index (χ1n) is 3.52. The van der Waals surface area contributed by atoms with Crippen LogP contribution in [0.4, 0.5) is 0 Å². The van der Waals surface area contributed by atoms with E-state index in [1.807, 2.05) is 6.07 Å². The Kier molecular flexibility index (Phi) is 5.03. The number of methoxy groups -OCH3 is 1. The number of ether oxygens (including phenoxy) is 1. The van der Waals surface area contributed by atoms with Gasteiger partial charge >= 0.3 is 0 Å². The highest BCUT2D eigenvalue weighted by Crippen LogP contribution is 2.01. The minimum Gasteiger partial charge on any atom is -0.382 e. The summed E-state index contributed by atoms with van der Waals surface area (Å²) in [5.74, 6) is -0.0204. The van der Waals surface area contributed by atoms with Crippen LogP contribution in [0.25, 0.3) is 0 Å². The third kappa shape index (κ3) is 3.40. The van der Waals surface area contributed by atoms with E-state index in [4.69, 9.17) is 15.9 Å². The van der Waals surface area contributed by atoms with Crippen LogP contribution >= 0.6 is 12.4 Å². The van der Waals surface area contributed by atoms with Gasteiger partial charge in [-0.1, -0.05) is 0 Å². The molecule has 0 atom stereocenters. The highest BCUT2D eigenvalue weighted by atomic mass is 35.5. The number of aromatic nitrogens is 1. The molecule has 1 heterocycles. The minimum atomic E-state index is -0.0204. The van der Waals surface area contributed by atoms with Gasteiger partial charge in [-0.15, -0.1) is 12.4 Å². The first-order chi connectivity index (χ1) is 5.74. The maximum absolute atomic E-state index is 7.14. The Morgan fingerprint density at radius 3 is 2.92 bits per heavy atom. The van der Waals surface area contributed by atoms with Crippen LogP contribution in [0, 0.1) is 5.41 Å². The van der Waals surface area contributed by atoms with E-state index in [1.165, 1.54) is 0 Å². The van der Waals surface area contributed by atoms with Crippen molar-refractivity contribution in [1.82, 2.24) is 4.98 Å². The van der Waals surface area contributed by atoms with Crippen LogP contribution in [0.1, 0.15) is 11.3 Å². The molecule has 4 nitrogen and oxygen atoms in total. The van der Waals surface area contributed by atoms with Crippen molar-refractivity contribution in [3.05, 3.63) is 29.6 Å². The first kappa shape index (κ1) is 11.9. The predicted molar refractivity (Wildman–Crippen MR) is 53.2 cm³/mol. The van der Waals surface area contributed by atoms with Gasteiger partial charge in [0.15, 0.2) is 0 Å². The van der Waals surface area contributed by atoms with Crippen LogP contribution in [0.2, 0.25) is 0 Å². The molecule has 0 fully saturated rings. The molecule has 0 aliphatic carbocycles. The summed E-state index contributed by atoms with van der Waals surface area (Å²) < 4.78 is 4.92. The smallest absolute Gasteiger partial charge is 0.141 e. The fourth-order valence-electron chi connectivity index (χ4n) is 0.878. The molecule has 0 unspecified atom stereocenters. The van der Waals surface area contributed by atoms with Crippen LogP contribution in [0.3, 0.4) is 0 Å². The van der Waals surface area contributed by atoms with Crippen LogP contribution in [-0.4, -0.2) is 17.9 Å². The maximum Gasteiger partial charge on any atom is 0.141 e. The summed E-state index contributed by atoms with van der Waals surface area (Å²) in [5.41, 5.74) is 6.72. The Morgan fingerprint density at radius 1 is 1.69 bits per heavy atom. The molecule has 0 aromatic carbocycles. The lowest BCUT2D eigenvalue weighted by Gasteiger charge is -2.01. The molecule has 72 valence electrons. The predicted octanol–water partition coefficient (Wildman–Crippen LogP) is 0.934. The molecule has 3 N–H and O–H groups in total. The number of halogens is 1. The Labute approximate surface area is 83.0 Å². The third-order valence-corrected chi connectivity index (χ3v) is 1.41. The highest BCUT2D eigenvalue weighted by molar-refractivity contribution is 5.93. The summed E-state index contributed by atoms with van der Waals surface area (Å²) in [4.78, 5) is 3.92. The largest absolute Gasteiger partial charge is 0.382 e. The van der Waals surface area contributed by atoms with Gasteiger partial charge in [-0.05, 0) is 17.7 Å². The standard InChI is InChI=1S/C8H11N3O.ClH/c1-12-5-6-2-3-11-7(4-6)8(9)10;/h2-4H,5H2,1H3,(H3,9,10);1H. The first-order valence-corrected chi connectivity index (χ1v) is 3.52. The molecule has 1 rings (SSSR count).